The minimum atomic E-state index is -1.68. The molecule has 0 bridgehead atoms. The van der Waals surface area contributed by atoms with Gasteiger partial charge in [0.15, 0.2) is 0 Å². The Labute approximate surface area is 95.0 Å². The molecule has 0 aliphatic carbocycles. The van der Waals surface area contributed by atoms with Gasteiger partial charge in [-0.25, -0.2) is 4.98 Å². The Kier molecular flexibility index (Phi) is 3.22. The number of hydrogen-bond donors (Lipinski definition) is 0. The summed E-state index contributed by atoms with van der Waals surface area (Å²) in [5, 5.41) is -1.68. The third-order valence-electron chi connectivity index (χ3n) is 1.88. The zero-order chi connectivity index (χ0) is 11.7. The van der Waals surface area contributed by atoms with E-state index in [9.17, 15) is 0 Å². The Balaban J connectivity index is 2.82. The minimum absolute atomic E-state index is 0.0523. The lowest BCUT2D eigenvalue weighted by Crippen LogP contribution is -2.37. The highest BCUT2D eigenvalue weighted by atomic mass is 16.5. The van der Waals surface area contributed by atoms with Gasteiger partial charge in [0, 0.05) is 12.3 Å². The molecule has 2 nitrogen and oxygen atoms in total. The van der Waals surface area contributed by atoms with Crippen LogP contribution in [0.25, 0.3) is 0 Å². The van der Waals surface area contributed by atoms with Crippen molar-refractivity contribution in [1.29, 1.82) is 0 Å². The molecule has 1 aromatic heterocycles. The van der Waals surface area contributed by atoms with Gasteiger partial charge in [0.05, 0.1) is 0 Å². The smallest absolute Gasteiger partial charge is 0.211 e. The Morgan fingerprint density at radius 2 is 1.73 bits per heavy atom. The Hall–Kier alpha value is -0.855. The first-order valence-corrected chi connectivity index (χ1v) is 4.71. The molecule has 0 aromatic carbocycles. The summed E-state index contributed by atoms with van der Waals surface area (Å²) >= 11 is 0. The second kappa shape index (κ2) is 3.95. The molecule has 0 N–H and O–H groups in total. The first-order chi connectivity index (χ1) is 6.68. The van der Waals surface area contributed by atoms with Gasteiger partial charge in [-0.15, -0.1) is 0 Å². The van der Waals surface area contributed by atoms with E-state index in [1.165, 1.54) is 0 Å². The van der Waals surface area contributed by atoms with Gasteiger partial charge in [-0.3, -0.25) is 0 Å². The van der Waals surface area contributed by atoms with Crippen molar-refractivity contribution in [1.82, 2.24) is 4.98 Å². The van der Waals surface area contributed by atoms with Crippen LogP contribution in [-0.4, -0.2) is 33.8 Å². The van der Waals surface area contributed by atoms with Crippen molar-refractivity contribution >= 4 is 23.5 Å². The summed E-state index contributed by atoms with van der Waals surface area (Å²) in [5.41, 5.74) is 1.16. The third-order valence-corrected chi connectivity index (χ3v) is 1.88. The predicted molar refractivity (Wildman–Crippen MR) is 63.6 cm³/mol. The van der Waals surface area contributed by atoms with Gasteiger partial charge in [0.1, 0.15) is 23.5 Å². The van der Waals surface area contributed by atoms with E-state index in [1.54, 1.807) is 12.3 Å². The molecular weight excluding hydrogens is 183 g/mol. The fraction of sp³-hybridized carbons (Fsp3) is 0.500. The van der Waals surface area contributed by atoms with Crippen LogP contribution in [0.2, 0.25) is 0 Å². The molecule has 0 saturated heterocycles. The Morgan fingerprint density at radius 3 is 2.07 bits per heavy atom. The van der Waals surface area contributed by atoms with Gasteiger partial charge in [-0.05, 0) is 16.3 Å². The summed E-state index contributed by atoms with van der Waals surface area (Å²) in [4.78, 5) is 4.07. The molecule has 1 heterocycles. The van der Waals surface area contributed by atoms with E-state index < -0.39 is 5.30 Å². The molecule has 0 amide bonds. The molecule has 0 aliphatic rings. The van der Waals surface area contributed by atoms with Gasteiger partial charge in [-0.2, -0.15) is 0 Å². The van der Waals surface area contributed by atoms with Crippen LogP contribution in [-0.2, 0) is 5.41 Å². The molecule has 0 spiro atoms. The van der Waals surface area contributed by atoms with Crippen LogP contribution in [0.1, 0.15) is 26.3 Å². The summed E-state index contributed by atoms with van der Waals surface area (Å²) in [6.45, 7) is 6.30. The van der Waals surface area contributed by atoms with Crippen LogP contribution in [0.5, 0.6) is 5.88 Å². The van der Waals surface area contributed by atoms with Crippen LogP contribution in [0.3, 0.4) is 0 Å². The predicted octanol–water partition coefficient (Wildman–Crippen LogP) is 0.875. The van der Waals surface area contributed by atoms with Crippen molar-refractivity contribution < 1.29 is 4.74 Å². The van der Waals surface area contributed by atoms with Gasteiger partial charge in [0.25, 0.3) is 0 Å². The van der Waals surface area contributed by atoms with Gasteiger partial charge in [-0.1, -0.05) is 26.8 Å². The average molecular weight is 195 g/mol. The molecule has 0 atom stereocenters. The lowest BCUT2D eigenvalue weighted by atomic mass is 9.52. The molecule has 0 unspecified atom stereocenters. The molecule has 15 heavy (non-hydrogen) atoms. The summed E-state index contributed by atoms with van der Waals surface area (Å²) in [5.74, 6) is 0.315. The SMILES string of the molecule is [B]C([B])([B])Oc1ccc(C(C)(C)C)cn1. The lowest BCUT2D eigenvalue weighted by molar-refractivity contribution is 0.305. The highest BCUT2D eigenvalue weighted by molar-refractivity contribution is 6.58. The standard InChI is InChI=1S/C10H12B3NO/c1-9(2,3)7-4-5-8(14-6-7)15-10(11,12)13/h4-6H,1-3H3. The lowest BCUT2D eigenvalue weighted by Gasteiger charge is -2.23. The van der Waals surface area contributed by atoms with E-state index in [-0.39, 0.29) is 5.41 Å². The van der Waals surface area contributed by atoms with Crippen molar-refractivity contribution in [3.05, 3.63) is 23.9 Å². The van der Waals surface area contributed by atoms with Crippen LogP contribution < -0.4 is 4.74 Å². The maximum absolute atomic E-state index is 5.28. The monoisotopic (exact) mass is 195 g/mol. The first kappa shape index (κ1) is 12.2. The van der Waals surface area contributed by atoms with Crippen molar-refractivity contribution in [3.63, 3.8) is 0 Å². The molecule has 72 valence electrons. The Bertz CT molecular complexity index is 324. The molecule has 1 aromatic rings. The number of rotatable bonds is 2. The van der Waals surface area contributed by atoms with Gasteiger partial charge < -0.3 is 4.74 Å². The molecule has 0 saturated carbocycles. The van der Waals surface area contributed by atoms with E-state index in [4.69, 9.17) is 28.3 Å². The third kappa shape index (κ3) is 4.02. The van der Waals surface area contributed by atoms with Crippen LogP contribution >= 0.6 is 0 Å². The van der Waals surface area contributed by atoms with E-state index in [0.29, 0.717) is 5.88 Å². The minimum Gasteiger partial charge on any atom is -0.501 e. The van der Waals surface area contributed by atoms with Gasteiger partial charge in [0.2, 0.25) is 5.88 Å². The fourth-order valence-corrected chi connectivity index (χ4v) is 1.07. The topological polar surface area (TPSA) is 22.1 Å². The summed E-state index contributed by atoms with van der Waals surface area (Å²) in [6.07, 6.45) is 1.72. The zero-order valence-electron chi connectivity index (χ0n) is 9.32. The number of pyridine rings is 1. The summed E-state index contributed by atoms with van der Waals surface area (Å²) in [7, 11) is 15.9. The van der Waals surface area contributed by atoms with E-state index >= 15 is 0 Å². The van der Waals surface area contributed by atoms with Crippen molar-refractivity contribution in [3.8, 4) is 5.88 Å². The number of hydrogen-bond acceptors (Lipinski definition) is 2. The molecular formula is C10H12B3NO. The van der Waals surface area contributed by atoms with Gasteiger partial charge >= 0.3 is 0 Å². The Morgan fingerprint density at radius 1 is 1.13 bits per heavy atom. The highest BCUT2D eigenvalue weighted by Gasteiger charge is 2.15. The number of nitrogens with zero attached hydrogens (tertiary/aromatic N) is 1. The van der Waals surface area contributed by atoms with E-state index in [1.807, 2.05) is 6.07 Å². The highest BCUT2D eigenvalue weighted by Crippen LogP contribution is 2.22. The number of ether oxygens (including phenoxy) is 1. The van der Waals surface area contributed by atoms with E-state index in [0.717, 1.165) is 5.56 Å². The first-order valence-electron chi connectivity index (χ1n) is 4.71. The van der Waals surface area contributed by atoms with Crippen LogP contribution in [0.15, 0.2) is 18.3 Å². The zero-order valence-corrected chi connectivity index (χ0v) is 9.32. The molecule has 6 radical (unpaired) electrons. The quantitative estimate of drug-likeness (QED) is 0.652. The van der Waals surface area contributed by atoms with Crippen LogP contribution in [0, 0.1) is 0 Å². The summed E-state index contributed by atoms with van der Waals surface area (Å²) < 4.78 is 4.99. The average Bonchev–Trinajstić information content (AvgIpc) is 2.00. The number of aromatic nitrogens is 1. The second-order valence-electron chi connectivity index (χ2n) is 4.59. The van der Waals surface area contributed by atoms with Crippen molar-refractivity contribution in [2.45, 2.75) is 31.5 Å². The van der Waals surface area contributed by atoms with Crippen LogP contribution in [0.4, 0.5) is 0 Å². The maximum Gasteiger partial charge on any atom is 0.211 e. The molecule has 0 aliphatic heterocycles. The summed E-state index contributed by atoms with van der Waals surface area (Å²) in [6, 6.07) is 3.61. The second-order valence-corrected chi connectivity index (χ2v) is 4.59. The van der Waals surface area contributed by atoms with Crippen molar-refractivity contribution in [2.75, 3.05) is 0 Å². The largest absolute Gasteiger partial charge is 0.501 e. The normalized spacial score (nSPS) is 12.5. The fourth-order valence-electron chi connectivity index (χ4n) is 1.07. The maximum atomic E-state index is 5.28. The van der Waals surface area contributed by atoms with E-state index in [2.05, 4.69) is 25.8 Å². The molecule has 0 fully saturated rings. The molecule has 5 heteroatoms. The van der Waals surface area contributed by atoms with Crippen molar-refractivity contribution in [2.24, 2.45) is 0 Å². The molecule has 1 rings (SSSR count).